The standard InChI is InChI=1S/C39H38O10/c1-25-10-16-30(17-11-25)36(41)45-24-39(48-28(4)40)35(47-38(43)32-20-14-27(3)15-21-32)34(46-37(42)31-18-12-26(2)13-19-31)33(49-39)23-44-22-29-8-6-5-7-9-29/h5-21,33-35H,22-24H2,1-4H3/t33-,34-,35-,39?/m1/s1. The lowest BCUT2D eigenvalue weighted by Crippen LogP contribution is -2.53. The summed E-state index contributed by atoms with van der Waals surface area (Å²) >= 11 is 0. The van der Waals surface area contributed by atoms with Crippen molar-refractivity contribution in [3.63, 3.8) is 0 Å². The Morgan fingerprint density at radius 1 is 0.653 bits per heavy atom. The number of carbonyl (C=O) groups excluding carboxylic acids is 4. The van der Waals surface area contributed by atoms with Crippen LogP contribution in [0.4, 0.5) is 0 Å². The third-order valence-electron chi connectivity index (χ3n) is 7.90. The minimum atomic E-state index is -2.22. The third-order valence-corrected chi connectivity index (χ3v) is 7.90. The van der Waals surface area contributed by atoms with Crippen LogP contribution >= 0.6 is 0 Å². The number of rotatable bonds is 12. The lowest BCUT2D eigenvalue weighted by atomic mass is 10.0. The van der Waals surface area contributed by atoms with Crippen molar-refractivity contribution >= 4 is 23.9 Å². The van der Waals surface area contributed by atoms with Gasteiger partial charge in [0.1, 0.15) is 6.10 Å². The number of carbonyl (C=O) groups is 4. The van der Waals surface area contributed by atoms with E-state index >= 15 is 0 Å². The molecular formula is C39H38O10. The first-order valence-corrected chi connectivity index (χ1v) is 15.8. The number of benzene rings is 4. The van der Waals surface area contributed by atoms with Crippen molar-refractivity contribution in [2.45, 2.75) is 58.4 Å². The molecule has 5 rings (SSSR count). The Bertz CT molecular complexity index is 1750. The number of hydrogen-bond donors (Lipinski definition) is 0. The molecule has 0 saturated carbocycles. The van der Waals surface area contributed by atoms with Gasteiger partial charge >= 0.3 is 23.9 Å². The van der Waals surface area contributed by atoms with Crippen LogP contribution in [0.5, 0.6) is 0 Å². The lowest BCUT2D eigenvalue weighted by molar-refractivity contribution is -0.263. The first-order chi connectivity index (χ1) is 23.5. The van der Waals surface area contributed by atoms with E-state index in [9.17, 15) is 19.2 Å². The fraction of sp³-hybridized carbons (Fsp3) is 0.282. The van der Waals surface area contributed by atoms with Gasteiger partial charge in [0.15, 0.2) is 12.7 Å². The molecule has 4 aromatic rings. The summed E-state index contributed by atoms with van der Waals surface area (Å²) in [6.07, 6.45) is -4.08. The van der Waals surface area contributed by atoms with Crippen LogP contribution in [0.1, 0.15) is 60.3 Å². The summed E-state index contributed by atoms with van der Waals surface area (Å²) in [6, 6.07) is 29.4. The number of hydrogen-bond acceptors (Lipinski definition) is 10. The van der Waals surface area contributed by atoms with Crippen LogP contribution < -0.4 is 0 Å². The fourth-order valence-corrected chi connectivity index (χ4v) is 5.29. The van der Waals surface area contributed by atoms with Crippen molar-refractivity contribution in [1.82, 2.24) is 0 Å². The Morgan fingerprint density at radius 3 is 1.65 bits per heavy atom. The first-order valence-electron chi connectivity index (χ1n) is 15.8. The second kappa shape index (κ2) is 15.7. The molecule has 0 spiro atoms. The molecule has 1 aliphatic rings. The van der Waals surface area contributed by atoms with Gasteiger partial charge in [-0.15, -0.1) is 0 Å². The van der Waals surface area contributed by atoms with Crippen LogP contribution in [0.2, 0.25) is 0 Å². The molecule has 0 amide bonds. The molecule has 0 N–H and O–H groups in total. The van der Waals surface area contributed by atoms with Crippen molar-refractivity contribution in [2.75, 3.05) is 13.2 Å². The van der Waals surface area contributed by atoms with Crippen molar-refractivity contribution in [1.29, 1.82) is 0 Å². The molecule has 1 aliphatic heterocycles. The maximum atomic E-state index is 13.6. The number of aryl methyl sites for hydroxylation is 3. The number of esters is 4. The highest BCUT2D eigenvalue weighted by molar-refractivity contribution is 5.91. The van der Waals surface area contributed by atoms with Gasteiger partial charge in [-0.05, 0) is 62.7 Å². The molecular weight excluding hydrogens is 628 g/mol. The van der Waals surface area contributed by atoms with E-state index in [0.29, 0.717) is 0 Å². The van der Waals surface area contributed by atoms with E-state index in [0.717, 1.165) is 29.2 Å². The van der Waals surface area contributed by atoms with Crippen LogP contribution in [-0.4, -0.2) is 61.2 Å². The molecule has 1 saturated heterocycles. The molecule has 1 heterocycles. The Morgan fingerprint density at radius 2 is 1.14 bits per heavy atom. The molecule has 4 atom stereocenters. The molecule has 10 heteroatoms. The van der Waals surface area contributed by atoms with Gasteiger partial charge in [0, 0.05) is 6.92 Å². The van der Waals surface area contributed by atoms with Gasteiger partial charge in [-0.3, -0.25) is 4.79 Å². The van der Waals surface area contributed by atoms with E-state index in [-0.39, 0.29) is 29.9 Å². The van der Waals surface area contributed by atoms with E-state index in [1.165, 1.54) is 0 Å². The lowest BCUT2D eigenvalue weighted by Gasteiger charge is -2.33. The van der Waals surface area contributed by atoms with Crippen molar-refractivity contribution in [3.05, 3.63) is 142 Å². The van der Waals surface area contributed by atoms with Gasteiger partial charge in [-0.2, -0.15) is 0 Å². The topological polar surface area (TPSA) is 124 Å². The average molecular weight is 667 g/mol. The van der Waals surface area contributed by atoms with Gasteiger partial charge in [0.2, 0.25) is 6.10 Å². The molecule has 0 bridgehead atoms. The smallest absolute Gasteiger partial charge is 0.338 e. The first kappa shape index (κ1) is 35.0. The summed E-state index contributed by atoms with van der Waals surface area (Å²) in [5, 5.41) is 0. The molecule has 1 unspecified atom stereocenters. The summed E-state index contributed by atoms with van der Waals surface area (Å²) < 4.78 is 35.7. The Labute approximate surface area is 284 Å². The van der Waals surface area contributed by atoms with Crippen molar-refractivity contribution in [3.8, 4) is 0 Å². The van der Waals surface area contributed by atoms with Gasteiger partial charge in [-0.1, -0.05) is 83.4 Å². The minimum Gasteiger partial charge on any atom is -0.455 e. The maximum Gasteiger partial charge on any atom is 0.338 e. The summed E-state index contributed by atoms with van der Waals surface area (Å²) in [7, 11) is 0. The number of ether oxygens (including phenoxy) is 6. The molecule has 1 fully saturated rings. The molecule has 0 aliphatic carbocycles. The zero-order chi connectivity index (χ0) is 35.0. The Balaban J connectivity index is 1.51. The van der Waals surface area contributed by atoms with Gasteiger partial charge < -0.3 is 28.4 Å². The quantitative estimate of drug-likeness (QED) is 0.130. The van der Waals surface area contributed by atoms with Crippen LogP contribution in [0.25, 0.3) is 0 Å². The van der Waals surface area contributed by atoms with Gasteiger partial charge in [0.05, 0.1) is 29.9 Å². The average Bonchev–Trinajstić information content (AvgIpc) is 3.35. The predicted octanol–water partition coefficient (Wildman–Crippen LogP) is 6.09. The van der Waals surface area contributed by atoms with Crippen molar-refractivity contribution in [2.24, 2.45) is 0 Å². The molecule has 4 aromatic carbocycles. The second-order valence-electron chi connectivity index (χ2n) is 11.9. The molecule has 254 valence electrons. The Kier molecular flexibility index (Phi) is 11.2. The molecule has 49 heavy (non-hydrogen) atoms. The van der Waals surface area contributed by atoms with Crippen LogP contribution in [-0.2, 0) is 39.8 Å². The minimum absolute atomic E-state index is 0.172. The second-order valence-corrected chi connectivity index (χ2v) is 11.9. The SMILES string of the molecule is CC(=O)OC1(COC(=O)c2ccc(C)cc2)O[C@H](COCc2ccccc2)[C@@H](OC(=O)c2ccc(C)cc2)[C@H]1OC(=O)c1ccc(C)cc1. The van der Waals surface area contributed by atoms with E-state index in [2.05, 4.69) is 0 Å². The predicted molar refractivity (Wildman–Crippen MR) is 178 cm³/mol. The van der Waals surface area contributed by atoms with Crippen LogP contribution in [0.3, 0.4) is 0 Å². The fourth-order valence-electron chi connectivity index (χ4n) is 5.29. The molecule has 10 nitrogen and oxygen atoms in total. The van der Waals surface area contributed by atoms with E-state index < -0.39 is 54.6 Å². The molecule has 0 aromatic heterocycles. The summed E-state index contributed by atoms with van der Waals surface area (Å²) in [6.45, 7) is 6.07. The van der Waals surface area contributed by atoms with Crippen LogP contribution in [0.15, 0.2) is 103 Å². The zero-order valence-electron chi connectivity index (χ0n) is 27.8. The van der Waals surface area contributed by atoms with E-state index in [1.807, 2.05) is 51.1 Å². The zero-order valence-corrected chi connectivity index (χ0v) is 27.8. The monoisotopic (exact) mass is 666 g/mol. The summed E-state index contributed by atoms with van der Waals surface area (Å²) in [5.74, 6) is -5.33. The van der Waals surface area contributed by atoms with Crippen molar-refractivity contribution < 1.29 is 47.6 Å². The van der Waals surface area contributed by atoms with E-state index in [4.69, 9.17) is 28.4 Å². The molecule has 0 radical (unpaired) electrons. The highest BCUT2D eigenvalue weighted by atomic mass is 16.8. The highest BCUT2D eigenvalue weighted by Crippen LogP contribution is 2.39. The largest absolute Gasteiger partial charge is 0.455 e. The third kappa shape index (κ3) is 8.98. The highest BCUT2D eigenvalue weighted by Gasteiger charge is 2.63. The van der Waals surface area contributed by atoms with E-state index in [1.54, 1.807) is 72.8 Å². The summed E-state index contributed by atoms with van der Waals surface area (Å²) in [5.41, 5.74) is 4.31. The summed E-state index contributed by atoms with van der Waals surface area (Å²) in [4.78, 5) is 53.0. The van der Waals surface area contributed by atoms with Gasteiger partial charge in [-0.25, -0.2) is 14.4 Å². The Hall–Kier alpha value is -5.32. The normalized spacial score (nSPS) is 19.9. The van der Waals surface area contributed by atoms with Gasteiger partial charge in [0.25, 0.3) is 5.79 Å². The maximum absolute atomic E-state index is 13.6. The van der Waals surface area contributed by atoms with Crippen LogP contribution in [0, 0.1) is 20.8 Å².